The zero-order valence-electron chi connectivity index (χ0n) is 13.2. The third-order valence-electron chi connectivity index (χ3n) is 3.34. The van der Waals surface area contributed by atoms with E-state index < -0.39 is 0 Å². The van der Waals surface area contributed by atoms with E-state index in [0.29, 0.717) is 0 Å². The first-order valence-corrected chi connectivity index (χ1v) is 8.46. The molecule has 0 aromatic carbocycles. The van der Waals surface area contributed by atoms with Crippen LogP contribution in [0.5, 0.6) is 0 Å². The molecule has 0 aliphatic heterocycles. The van der Waals surface area contributed by atoms with Crippen LogP contribution in [0, 0.1) is 0 Å². The van der Waals surface area contributed by atoms with Crippen molar-refractivity contribution in [3.8, 4) is 0 Å². The number of halogens is 1. The second kappa shape index (κ2) is 9.29. The molecular formula is C15H27BrN4. The van der Waals surface area contributed by atoms with E-state index in [1.807, 2.05) is 0 Å². The Balaban J connectivity index is 2.89. The summed E-state index contributed by atoms with van der Waals surface area (Å²) in [7, 11) is 0. The second-order valence-electron chi connectivity index (χ2n) is 4.81. The van der Waals surface area contributed by atoms with Crippen molar-refractivity contribution in [2.24, 2.45) is 0 Å². The summed E-state index contributed by atoms with van der Waals surface area (Å²) in [6.07, 6.45) is 2.99. The Morgan fingerprint density at radius 1 is 1.05 bits per heavy atom. The van der Waals surface area contributed by atoms with Crippen molar-refractivity contribution in [3.05, 3.63) is 16.0 Å². The minimum atomic E-state index is 0.872. The summed E-state index contributed by atoms with van der Waals surface area (Å²) in [5.41, 5.74) is 1.12. The monoisotopic (exact) mass is 342 g/mol. The first-order chi connectivity index (χ1) is 9.65. The number of anilines is 1. The summed E-state index contributed by atoms with van der Waals surface area (Å²) < 4.78 is 1.02. The molecule has 20 heavy (non-hydrogen) atoms. The first kappa shape index (κ1) is 17.4. The van der Waals surface area contributed by atoms with Crippen LogP contribution < -0.4 is 5.32 Å². The highest BCUT2D eigenvalue weighted by molar-refractivity contribution is 9.10. The Hall–Kier alpha value is -0.680. The molecule has 1 rings (SSSR count). The van der Waals surface area contributed by atoms with Gasteiger partial charge >= 0.3 is 0 Å². The lowest BCUT2D eigenvalue weighted by atomic mass is 10.2. The van der Waals surface area contributed by atoms with Gasteiger partial charge < -0.3 is 10.2 Å². The van der Waals surface area contributed by atoms with Crippen molar-refractivity contribution in [2.75, 3.05) is 31.5 Å². The normalized spacial score (nSPS) is 11.1. The molecule has 5 heteroatoms. The molecule has 1 aromatic rings. The van der Waals surface area contributed by atoms with Gasteiger partial charge in [-0.1, -0.05) is 27.2 Å². The van der Waals surface area contributed by atoms with Gasteiger partial charge in [0.05, 0.1) is 10.2 Å². The van der Waals surface area contributed by atoms with Gasteiger partial charge in [0.1, 0.15) is 11.6 Å². The number of aromatic nitrogens is 2. The summed E-state index contributed by atoms with van der Waals surface area (Å²) in [5.74, 6) is 1.87. The summed E-state index contributed by atoms with van der Waals surface area (Å²) in [4.78, 5) is 11.8. The Labute approximate surface area is 131 Å². The maximum absolute atomic E-state index is 4.72. The van der Waals surface area contributed by atoms with Crippen molar-refractivity contribution in [1.82, 2.24) is 14.9 Å². The van der Waals surface area contributed by atoms with Crippen LogP contribution in [0.25, 0.3) is 0 Å². The molecule has 0 unspecified atom stereocenters. The second-order valence-corrected chi connectivity index (χ2v) is 5.60. The fourth-order valence-electron chi connectivity index (χ4n) is 2.14. The molecule has 0 fully saturated rings. The van der Waals surface area contributed by atoms with Crippen LogP contribution in [0.4, 0.5) is 5.82 Å². The van der Waals surface area contributed by atoms with Gasteiger partial charge in [0, 0.05) is 19.5 Å². The Kier molecular flexibility index (Phi) is 8.07. The highest BCUT2D eigenvalue weighted by Crippen LogP contribution is 2.24. The molecule has 1 aromatic heterocycles. The number of nitrogens with zero attached hydrogens (tertiary/aromatic N) is 3. The average Bonchev–Trinajstić information content (AvgIpc) is 2.45. The summed E-state index contributed by atoms with van der Waals surface area (Å²) in [5, 5.41) is 3.32. The zero-order chi connectivity index (χ0) is 15.0. The van der Waals surface area contributed by atoms with Crippen LogP contribution in [-0.2, 0) is 12.8 Å². The molecule has 4 nitrogen and oxygen atoms in total. The highest BCUT2D eigenvalue weighted by Gasteiger charge is 2.12. The molecule has 0 atom stereocenters. The molecule has 0 amide bonds. The Bertz CT molecular complexity index is 378. The van der Waals surface area contributed by atoms with Crippen molar-refractivity contribution in [3.63, 3.8) is 0 Å². The van der Waals surface area contributed by atoms with E-state index >= 15 is 0 Å². The van der Waals surface area contributed by atoms with Crippen LogP contribution in [0.15, 0.2) is 4.47 Å². The highest BCUT2D eigenvalue weighted by atomic mass is 79.9. The van der Waals surface area contributed by atoms with Crippen LogP contribution in [0.2, 0.25) is 0 Å². The van der Waals surface area contributed by atoms with Gasteiger partial charge in [-0.3, -0.25) is 0 Å². The van der Waals surface area contributed by atoms with Crippen molar-refractivity contribution in [2.45, 2.75) is 47.0 Å². The average molecular weight is 343 g/mol. The Morgan fingerprint density at radius 3 is 2.30 bits per heavy atom. The minimum absolute atomic E-state index is 0.872. The van der Waals surface area contributed by atoms with Crippen LogP contribution in [0.3, 0.4) is 0 Å². The molecule has 1 N–H and O–H groups in total. The van der Waals surface area contributed by atoms with E-state index in [4.69, 9.17) is 4.98 Å². The molecular weight excluding hydrogens is 316 g/mol. The summed E-state index contributed by atoms with van der Waals surface area (Å²) >= 11 is 3.63. The fraction of sp³-hybridized carbons (Fsp3) is 0.733. The van der Waals surface area contributed by atoms with E-state index in [-0.39, 0.29) is 0 Å². The molecule has 114 valence electrons. The van der Waals surface area contributed by atoms with E-state index in [1.165, 1.54) is 0 Å². The van der Waals surface area contributed by atoms with Gasteiger partial charge in [-0.15, -0.1) is 0 Å². The molecule has 0 radical (unpaired) electrons. The molecule has 0 spiro atoms. The topological polar surface area (TPSA) is 41.1 Å². The van der Waals surface area contributed by atoms with E-state index in [1.54, 1.807) is 0 Å². The third-order valence-corrected chi connectivity index (χ3v) is 4.18. The summed E-state index contributed by atoms with van der Waals surface area (Å²) in [6, 6.07) is 0. The largest absolute Gasteiger partial charge is 0.369 e. The fourth-order valence-corrected chi connectivity index (χ4v) is 2.66. The van der Waals surface area contributed by atoms with Crippen LogP contribution in [-0.4, -0.2) is 41.0 Å². The van der Waals surface area contributed by atoms with E-state index in [9.17, 15) is 0 Å². The predicted molar refractivity (Wildman–Crippen MR) is 89.4 cm³/mol. The lowest BCUT2D eigenvalue weighted by Gasteiger charge is -2.18. The maximum atomic E-state index is 4.72. The van der Waals surface area contributed by atoms with Gasteiger partial charge in [-0.05, 0) is 42.4 Å². The van der Waals surface area contributed by atoms with Gasteiger partial charge in [0.15, 0.2) is 0 Å². The molecule has 0 aliphatic rings. The minimum Gasteiger partial charge on any atom is -0.369 e. The number of nitrogens with one attached hydrogen (secondary N) is 1. The lowest BCUT2D eigenvalue weighted by Crippen LogP contribution is -2.26. The predicted octanol–water partition coefficient (Wildman–Crippen LogP) is 3.51. The van der Waals surface area contributed by atoms with Crippen LogP contribution in [0.1, 0.15) is 45.6 Å². The third kappa shape index (κ3) is 5.02. The van der Waals surface area contributed by atoms with Gasteiger partial charge in [-0.2, -0.15) is 0 Å². The van der Waals surface area contributed by atoms with Gasteiger partial charge in [0.25, 0.3) is 0 Å². The first-order valence-electron chi connectivity index (χ1n) is 7.67. The molecule has 0 bridgehead atoms. The van der Waals surface area contributed by atoms with Crippen molar-refractivity contribution >= 4 is 21.7 Å². The van der Waals surface area contributed by atoms with Crippen LogP contribution >= 0.6 is 15.9 Å². The summed E-state index contributed by atoms with van der Waals surface area (Å²) in [6.45, 7) is 12.7. The molecule has 0 saturated carbocycles. The number of hydrogen-bond donors (Lipinski definition) is 1. The van der Waals surface area contributed by atoms with Gasteiger partial charge in [0.2, 0.25) is 0 Å². The van der Waals surface area contributed by atoms with E-state index in [0.717, 1.165) is 67.3 Å². The zero-order valence-corrected chi connectivity index (χ0v) is 14.8. The lowest BCUT2D eigenvalue weighted by molar-refractivity contribution is 0.305. The van der Waals surface area contributed by atoms with Crippen molar-refractivity contribution in [1.29, 1.82) is 0 Å². The molecule has 0 saturated heterocycles. The quantitative estimate of drug-likeness (QED) is 0.745. The number of aryl methyl sites for hydroxylation is 1. The maximum Gasteiger partial charge on any atom is 0.144 e. The number of hydrogen-bond acceptors (Lipinski definition) is 4. The standard InChI is InChI=1S/C15H27BrN4/c1-5-9-12-14(16)15(17-6-2)19-13(18-12)10-11-20(7-3)8-4/h5-11H2,1-4H3,(H,17,18,19). The molecule has 1 heterocycles. The van der Waals surface area contributed by atoms with Gasteiger partial charge in [-0.25, -0.2) is 9.97 Å². The smallest absolute Gasteiger partial charge is 0.144 e. The number of rotatable bonds is 9. The number of likely N-dealkylation sites (N-methyl/N-ethyl adjacent to an activating group) is 1. The Morgan fingerprint density at radius 2 is 1.75 bits per heavy atom. The van der Waals surface area contributed by atoms with Crippen molar-refractivity contribution < 1.29 is 0 Å². The molecule has 0 aliphatic carbocycles. The SMILES string of the molecule is CCCc1nc(CCN(CC)CC)nc(NCC)c1Br. The van der Waals surface area contributed by atoms with E-state index in [2.05, 4.69) is 58.8 Å².